The zero-order valence-corrected chi connectivity index (χ0v) is 17.8. The molecule has 0 fully saturated rings. The first kappa shape index (κ1) is 25.1. The van der Waals surface area contributed by atoms with Gasteiger partial charge in [0.1, 0.15) is 18.6 Å². The van der Waals surface area contributed by atoms with Gasteiger partial charge >= 0.3 is 5.97 Å². The summed E-state index contributed by atoms with van der Waals surface area (Å²) < 4.78 is 0. The second-order valence-electron chi connectivity index (χ2n) is 7.60. The van der Waals surface area contributed by atoms with E-state index in [9.17, 15) is 19.2 Å². The van der Waals surface area contributed by atoms with Crippen LogP contribution in [0.4, 0.5) is 0 Å². The third kappa shape index (κ3) is 7.82. The van der Waals surface area contributed by atoms with E-state index in [-0.39, 0.29) is 18.3 Å². The Bertz CT molecular complexity index is 721. The predicted molar refractivity (Wildman–Crippen MR) is 109 cm³/mol. The molecule has 3 amide bonds. The average molecular weight is 425 g/mol. The number of carbonyl (C=O) groups is 4. The number of nitrogens with two attached hydrogens (primary N) is 1. The molecule has 0 aliphatic carbocycles. The Morgan fingerprint density at radius 3 is 2.30 bits per heavy atom. The summed E-state index contributed by atoms with van der Waals surface area (Å²) in [5.41, 5.74) is 6.53. The number of imidazole rings is 1. The van der Waals surface area contributed by atoms with Gasteiger partial charge in [-0.3, -0.25) is 19.2 Å². The van der Waals surface area contributed by atoms with Crippen molar-refractivity contribution in [2.45, 2.75) is 58.7 Å². The number of aromatic amines is 1. The molecular weight excluding hydrogens is 392 g/mol. The lowest BCUT2D eigenvalue weighted by Crippen LogP contribution is -2.58. The number of rotatable bonds is 12. The van der Waals surface area contributed by atoms with Crippen molar-refractivity contribution in [3.05, 3.63) is 18.2 Å². The highest BCUT2D eigenvalue weighted by Gasteiger charge is 2.31. The van der Waals surface area contributed by atoms with Gasteiger partial charge < -0.3 is 31.8 Å². The lowest BCUT2D eigenvalue weighted by molar-refractivity contribution is -0.138. The SMILES string of the molecule is CCC(C)C(N)C(=O)NC(C(=O)NC(Cc1cnc[nH]1)C(=O)NCC(=O)O)C(C)C. The van der Waals surface area contributed by atoms with Gasteiger partial charge in [-0.05, 0) is 11.8 Å². The van der Waals surface area contributed by atoms with Gasteiger partial charge in [0.25, 0.3) is 0 Å². The third-order valence-electron chi connectivity index (χ3n) is 4.83. The van der Waals surface area contributed by atoms with Gasteiger partial charge in [0.05, 0.1) is 12.4 Å². The highest BCUT2D eigenvalue weighted by atomic mass is 16.4. The van der Waals surface area contributed by atoms with E-state index in [0.29, 0.717) is 12.1 Å². The maximum atomic E-state index is 12.9. The first-order valence-corrected chi connectivity index (χ1v) is 9.89. The van der Waals surface area contributed by atoms with Gasteiger partial charge in [0.15, 0.2) is 0 Å². The molecule has 11 nitrogen and oxygen atoms in total. The van der Waals surface area contributed by atoms with E-state index >= 15 is 0 Å². The van der Waals surface area contributed by atoms with Crippen molar-refractivity contribution in [2.24, 2.45) is 17.6 Å². The lowest BCUT2D eigenvalue weighted by Gasteiger charge is -2.27. The zero-order chi connectivity index (χ0) is 22.8. The van der Waals surface area contributed by atoms with Crippen LogP contribution in [0.1, 0.15) is 39.8 Å². The number of hydrogen-bond donors (Lipinski definition) is 6. The van der Waals surface area contributed by atoms with Gasteiger partial charge in [-0.2, -0.15) is 0 Å². The molecule has 1 aromatic heterocycles. The fourth-order valence-electron chi connectivity index (χ4n) is 2.67. The Hall–Kier alpha value is -2.95. The number of carboxylic acids is 1. The van der Waals surface area contributed by atoms with Crippen molar-refractivity contribution < 1.29 is 24.3 Å². The molecule has 1 aromatic rings. The van der Waals surface area contributed by atoms with E-state index in [1.165, 1.54) is 12.5 Å². The zero-order valence-electron chi connectivity index (χ0n) is 17.8. The number of carboxylic acid groups (broad SMARTS) is 1. The van der Waals surface area contributed by atoms with Crippen molar-refractivity contribution in [1.82, 2.24) is 25.9 Å². The number of H-pyrrole nitrogens is 1. The van der Waals surface area contributed by atoms with Gasteiger partial charge in [-0.15, -0.1) is 0 Å². The lowest BCUT2D eigenvalue weighted by atomic mass is 9.97. The third-order valence-corrected chi connectivity index (χ3v) is 4.83. The number of hydrogen-bond acceptors (Lipinski definition) is 6. The van der Waals surface area contributed by atoms with E-state index in [2.05, 4.69) is 25.9 Å². The van der Waals surface area contributed by atoms with Crippen LogP contribution in [0.25, 0.3) is 0 Å². The maximum absolute atomic E-state index is 12.9. The van der Waals surface area contributed by atoms with Gasteiger partial charge in [-0.1, -0.05) is 34.1 Å². The Labute approximate surface area is 175 Å². The summed E-state index contributed by atoms with van der Waals surface area (Å²) in [5, 5.41) is 16.3. The summed E-state index contributed by atoms with van der Waals surface area (Å²) >= 11 is 0. The smallest absolute Gasteiger partial charge is 0.322 e. The molecule has 1 heterocycles. The molecule has 1 rings (SSSR count). The highest BCUT2D eigenvalue weighted by Crippen LogP contribution is 2.09. The van der Waals surface area contributed by atoms with Crippen LogP contribution in [-0.4, -0.2) is 63.4 Å². The first-order chi connectivity index (χ1) is 14.1. The van der Waals surface area contributed by atoms with Crippen LogP contribution in [-0.2, 0) is 25.6 Å². The Morgan fingerprint density at radius 1 is 1.13 bits per heavy atom. The Balaban J connectivity index is 2.91. The quantitative estimate of drug-likeness (QED) is 0.253. The predicted octanol–water partition coefficient (Wildman–Crippen LogP) is -0.848. The van der Waals surface area contributed by atoms with Crippen LogP contribution in [0, 0.1) is 11.8 Å². The van der Waals surface area contributed by atoms with Gasteiger partial charge in [-0.25, -0.2) is 4.98 Å². The number of aliphatic carboxylic acids is 1. The molecule has 30 heavy (non-hydrogen) atoms. The van der Waals surface area contributed by atoms with Crippen LogP contribution in [0.5, 0.6) is 0 Å². The second-order valence-corrected chi connectivity index (χ2v) is 7.60. The summed E-state index contributed by atoms with van der Waals surface area (Å²) in [7, 11) is 0. The fourth-order valence-corrected chi connectivity index (χ4v) is 2.67. The van der Waals surface area contributed by atoms with Gasteiger partial charge in [0, 0.05) is 18.3 Å². The minimum absolute atomic E-state index is 0.0594. The summed E-state index contributed by atoms with van der Waals surface area (Å²) in [6.07, 6.45) is 3.71. The first-order valence-electron chi connectivity index (χ1n) is 9.89. The molecule has 0 spiro atoms. The van der Waals surface area contributed by atoms with Crippen molar-refractivity contribution in [3.63, 3.8) is 0 Å². The summed E-state index contributed by atoms with van der Waals surface area (Å²) in [6, 6.07) is -2.73. The Kier molecular flexibility index (Phi) is 9.96. The highest BCUT2D eigenvalue weighted by molar-refractivity contribution is 5.94. The Morgan fingerprint density at radius 2 is 1.80 bits per heavy atom. The molecule has 4 atom stereocenters. The summed E-state index contributed by atoms with van der Waals surface area (Å²) in [4.78, 5) is 55.2. The normalized spacial score (nSPS) is 15.0. The second kappa shape index (κ2) is 11.9. The molecule has 0 saturated heterocycles. The number of aromatic nitrogens is 2. The molecule has 0 aliphatic heterocycles. The molecule has 4 unspecified atom stereocenters. The van der Waals surface area contributed by atoms with Crippen LogP contribution in [0.3, 0.4) is 0 Å². The standard InChI is InChI=1S/C19H32N6O5/c1-5-11(4)15(20)18(29)25-16(10(2)3)19(30)24-13(6-12-7-21-9-23-12)17(28)22-8-14(26)27/h7,9-11,13,15-16H,5-6,8,20H2,1-4H3,(H,21,23)(H,22,28)(H,24,30)(H,25,29)(H,26,27). The maximum Gasteiger partial charge on any atom is 0.322 e. The van der Waals surface area contributed by atoms with Crippen molar-refractivity contribution >= 4 is 23.7 Å². The molecule has 0 aliphatic rings. The number of amides is 3. The molecule has 7 N–H and O–H groups in total. The minimum Gasteiger partial charge on any atom is -0.480 e. The molecular formula is C19H32N6O5. The van der Waals surface area contributed by atoms with Crippen molar-refractivity contribution in [2.75, 3.05) is 6.54 Å². The van der Waals surface area contributed by atoms with E-state index < -0.39 is 48.4 Å². The van der Waals surface area contributed by atoms with E-state index in [1.54, 1.807) is 13.8 Å². The van der Waals surface area contributed by atoms with Crippen LogP contribution in [0.15, 0.2) is 12.5 Å². The van der Waals surface area contributed by atoms with Crippen molar-refractivity contribution in [1.29, 1.82) is 0 Å². The van der Waals surface area contributed by atoms with Crippen LogP contribution >= 0.6 is 0 Å². The minimum atomic E-state index is -1.21. The van der Waals surface area contributed by atoms with Crippen LogP contribution < -0.4 is 21.7 Å². The topological polar surface area (TPSA) is 179 Å². The van der Waals surface area contributed by atoms with E-state index in [0.717, 1.165) is 0 Å². The molecule has 0 radical (unpaired) electrons. The van der Waals surface area contributed by atoms with Crippen LogP contribution in [0.2, 0.25) is 0 Å². The molecule has 168 valence electrons. The monoisotopic (exact) mass is 424 g/mol. The average Bonchev–Trinajstić information content (AvgIpc) is 3.20. The number of carbonyl (C=O) groups excluding carboxylic acids is 3. The van der Waals surface area contributed by atoms with Crippen molar-refractivity contribution in [3.8, 4) is 0 Å². The summed E-state index contributed by atoms with van der Waals surface area (Å²) in [5.74, 6) is -3.21. The molecule has 0 bridgehead atoms. The molecule has 11 heteroatoms. The number of nitrogens with zero attached hydrogens (tertiary/aromatic N) is 1. The summed E-state index contributed by atoms with van der Waals surface area (Å²) in [6.45, 7) is 6.70. The van der Waals surface area contributed by atoms with E-state index in [4.69, 9.17) is 10.8 Å². The van der Waals surface area contributed by atoms with Gasteiger partial charge in [0.2, 0.25) is 17.7 Å². The number of nitrogens with one attached hydrogen (secondary N) is 4. The molecule has 0 saturated carbocycles. The molecule has 0 aromatic carbocycles. The largest absolute Gasteiger partial charge is 0.480 e. The fraction of sp³-hybridized carbons (Fsp3) is 0.632. The van der Waals surface area contributed by atoms with E-state index in [1.807, 2.05) is 13.8 Å².